The van der Waals surface area contributed by atoms with Gasteiger partial charge in [-0.3, -0.25) is 9.78 Å². The largest absolute Gasteiger partial charge is 0.350 e. The molecule has 1 aliphatic rings. The first kappa shape index (κ1) is 18.0. The summed E-state index contributed by atoms with van der Waals surface area (Å²) in [6.45, 7) is 3.63. The lowest BCUT2D eigenvalue weighted by Gasteiger charge is -2.24. The topological polar surface area (TPSA) is 66.0 Å². The molecule has 5 nitrogen and oxygen atoms in total. The highest BCUT2D eigenvalue weighted by atomic mass is 32.1. The van der Waals surface area contributed by atoms with Crippen molar-refractivity contribution in [2.24, 2.45) is 5.92 Å². The molecule has 1 atom stereocenters. The van der Waals surface area contributed by atoms with Gasteiger partial charge in [-0.1, -0.05) is 6.07 Å². The zero-order chi connectivity index (χ0) is 17.3. The van der Waals surface area contributed by atoms with Crippen LogP contribution in [0.4, 0.5) is 0 Å². The van der Waals surface area contributed by atoms with Crippen molar-refractivity contribution in [3.05, 3.63) is 52.5 Å². The van der Waals surface area contributed by atoms with Crippen molar-refractivity contribution in [2.45, 2.75) is 31.8 Å². The Morgan fingerprint density at radius 1 is 1.28 bits per heavy atom. The maximum atomic E-state index is 12.7. The van der Waals surface area contributed by atoms with Gasteiger partial charge in [0.25, 0.3) is 0 Å². The molecule has 3 N–H and O–H groups in total. The Labute approximate surface area is 153 Å². The molecule has 0 bridgehead atoms. The van der Waals surface area contributed by atoms with Crippen molar-refractivity contribution >= 4 is 17.2 Å². The number of nitrogens with one attached hydrogen (secondary N) is 3. The fourth-order valence-electron chi connectivity index (χ4n) is 3.17. The van der Waals surface area contributed by atoms with E-state index in [0.717, 1.165) is 42.4 Å². The fraction of sp³-hybridized carbons (Fsp3) is 0.474. The van der Waals surface area contributed by atoms with Crippen LogP contribution in [0.2, 0.25) is 0 Å². The van der Waals surface area contributed by atoms with Gasteiger partial charge in [-0.15, -0.1) is 11.3 Å². The minimum absolute atomic E-state index is 0.0320. The van der Waals surface area contributed by atoms with Crippen molar-refractivity contribution in [2.75, 3.05) is 19.6 Å². The lowest BCUT2D eigenvalue weighted by Crippen LogP contribution is -2.38. The molecule has 25 heavy (non-hydrogen) atoms. The van der Waals surface area contributed by atoms with Crippen LogP contribution in [0.1, 0.15) is 35.7 Å². The van der Waals surface area contributed by atoms with E-state index in [4.69, 9.17) is 0 Å². The van der Waals surface area contributed by atoms with Crippen molar-refractivity contribution in [1.29, 1.82) is 0 Å². The number of nitrogens with zero attached hydrogens (tertiary/aromatic N) is 1. The smallest absolute Gasteiger partial charge is 0.242 e. The number of carbonyl (C=O) groups is 1. The van der Waals surface area contributed by atoms with Crippen LogP contribution in [0.3, 0.4) is 0 Å². The number of hydrogen-bond donors (Lipinski definition) is 3. The summed E-state index contributed by atoms with van der Waals surface area (Å²) in [5.74, 6) is 0.794. The molecule has 3 rings (SSSR count). The number of aromatic nitrogens is 1. The Bertz CT molecular complexity index is 626. The molecule has 3 heterocycles. The van der Waals surface area contributed by atoms with Gasteiger partial charge in [0.05, 0.1) is 0 Å². The van der Waals surface area contributed by atoms with Gasteiger partial charge in [-0.25, -0.2) is 0 Å². The zero-order valence-electron chi connectivity index (χ0n) is 14.4. The summed E-state index contributed by atoms with van der Waals surface area (Å²) in [5.41, 5.74) is 1.06. The highest BCUT2D eigenvalue weighted by Crippen LogP contribution is 2.21. The van der Waals surface area contributed by atoms with Crippen molar-refractivity contribution < 1.29 is 4.79 Å². The van der Waals surface area contributed by atoms with Crippen LogP contribution in [-0.2, 0) is 11.3 Å². The second-order valence-electron chi connectivity index (χ2n) is 6.46. The van der Waals surface area contributed by atoms with Gasteiger partial charge in [-0.2, -0.15) is 0 Å². The summed E-state index contributed by atoms with van der Waals surface area (Å²) >= 11 is 1.62. The summed E-state index contributed by atoms with van der Waals surface area (Å²) in [7, 11) is 0. The van der Waals surface area contributed by atoms with E-state index in [1.54, 1.807) is 23.7 Å². The van der Waals surface area contributed by atoms with Crippen LogP contribution in [0.25, 0.3) is 0 Å². The Hall–Kier alpha value is -1.76. The van der Waals surface area contributed by atoms with Gasteiger partial charge in [0.1, 0.15) is 6.04 Å². The average molecular weight is 359 g/mol. The molecule has 1 saturated heterocycles. The molecule has 134 valence electrons. The van der Waals surface area contributed by atoms with Crippen LogP contribution in [0.15, 0.2) is 42.0 Å². The van der Waals surface area contributed by atoms with Gasteiger partial charge >= 0.3 is 0 Å². The number of rotatable bonds is 8. The van der Waals surface area contributed by atoms with Crippen molar-refractivity contribution in [3.8, 4) is 0 Å². The van der Waals surface area contributed by atoms with Crippen LogP contribution < -0.4 is 16.0 Å². The van der Waals surface area contributed by atoms with Crippen LogP contribution in [-0.4, -0.2) is 30.5 Å². The summed E-state index contributed by atoms with van der Waals surface area (Å²) in [6.07, 6.45) is 7.09. The maximum Gasteiger partial charge on any atom is 0.242 e. The molecule has 0 spiro atoms. The first-order valence-corrected chi connectivity index (χ1v) is 9.85. The Balaban J connectivity index is 1.52. The second-order valence-corrected chi connectivity index (χ2v) is 7.44. The highest BCUT2D eigenvalue weighted by Gasteiger charge is 2.21. The summed E-state index contributed by atoms with van der Waals surface area (Å²) < 4.78 is 0. The predicted octanol–water partition coefficient (Wildman–Crippen LogP) is 2.48. The minimum Gasteiger partial charge on any atom is -0.350 e. The molecule has 1 amide bonds. The van der Waals surface area contributed by atoms with E-state index in [2.05, 4.69) is 20.9 Å². The maximum absolute atomic E-state index is 12.7. The van der Waals surface area contributed by atoms with Gasteiger partial charge < -0.3 is 16.0 Å². The number of hydrogen-bond acceptors (Lipinski definition) is 5. The predicted molar refractivity (Wildman–Crippen MR) is 101 cm³/mol. The first-order valence-electron chi connectivity index (χ1n) is 8.97. The number of thiophene rings is 1. The highest BCUT2D eigenvalue weighted by molar-refractivity contribution is 7.10. The van der Waals surface area contributed by atoms with Crippen molar-refractivity contribution in [3.63, 3.8) is 0 Å². The quantitative estimate of drug-likeness (QED) is 0.678. The summed E-state index contributed by atoms with van der Waals surface area (Å²) in [4.78, 5) is 17.8. The van der Waals surface area contributed by atoms with Gasteiger partial charge in [0, 0.05) is 23.8 Å². The van der Waals surface area contributed by atoms with E-state index in [9.17, 15) is 4.79 Å². The third-order valence-corrected chi connectivity index (χ3v) is 5.60. The molecule has 1 unspecified atom stereocenters. The summed E-state index contributed by atoms with van der Waals surface area (Å²) in [6, 6.07) is 7.59. The molecule has 1 fully saturated rings. The first-order chi connectivity index (χ1) is 12.3. The number of carbonyl (C=O) groups excluding carboxylic acids is 1. The SMILES string of the molecule is O=C(NCc1ccncc1)C(NCCC1CCNCC1)c1cccs1. The van der Waals surface area contributed by atoms with Crippen LogP contribution in [0, 0.1) is 5.92 Å². The van der Waals surface area contributed by atoms with E-state index in [0.29, 0.717) is 6.54 Å². The fourth-order valence-corrected chi connectivity index (χ4v) is 3.97. The molecule has 0 aromatic carbocycles. The third-order valence-electron chi connectivity index (χ3n) is 4.67. The van der Waals surface area contributed by atoms with Gasteiger partial charge in [0.2, 0.25) is 5.91 Å². The van der Waals surface area contributed by atoms with Crippen LogP contribution >= 0.6 is 11.3 Å². The molecular weight excluding hydrogens is 332 g/mol. The third kappa shape index (κ3) is 5.63. The standard InChI is InChI=1S/C19H26N4OS/c24-19(23-14-16-5-10-21-11-6-16)18(17-2-1-13-25-17)22-12-7-15-3-8-20-9-4-15/h1-2,5-6,10-11,13,15,18,20,22H,3-4,7-9,12,14H2,(H,23,24). The lowest BCUT2D eigenvalue weighted by molar-refractivity contribution is -0.123. The molecule has 6 heteroatoms. The molecule has 0 saturated carbocycles. The molecule has 2 aromatic heterocycles. The monoisotopic (exact) mass is 358 g/mol. The average Bonchev–Trinajstić information content (AvgIpc) is 3.19. The van der Waals surface area contributed by atoms with Gasteiger partial charge in [0.15, 0.2) is 0 Å². The number of piperidine rings is 1. The van der Waals surface area contributed by atoms with E-state index >= 15 is 0 Å². The van der Waals surface area contributed by atoms with E-state index in [1.165, 1.54) is 12.8 Å². The van der Waals surface area contributed by atoms with Crippen molar-refractivity contribution in [1.82, 2.24) is 20.9 Å². The van der Waals surface area contributed by atoms with E-state index < -0.39 is 0 Å². The van der Waals surface area contributed by atoms with Crippen LogP contribution in [0.5, 0.6) is 0 Å². The Kier molecular flexibility index (Phi) is 6.97. The number of pyridine rings is 1. The molecule has 0 aliphatic carbocycles. The Morgan fingerprint density at radius 2 is 2.08 bits per heavy atom. The Morgan fingerprint density at radius 3 is 2.80 bits per heavy atom. The van der Waals surface area contributed by atoms with E-state index in [1.807, 2.05) is 29.6 Å². The normalized spacial score (nSPS) is 16.5. The molecular formula is C19H26N4OS. The number of amides is 1. The molecule has 2 aromatic rings. The minimum atomic E-state index is -0.274. The van der Waals surface area contributed by atoms with E-state index in [-0.39, 0.29) is 11.9 Å². The zero-order valence-corrected chi connectivity index (χ0v) is 15.2. The summed E-state index contributed by atoms with van der Waals surface area (Å²) in [5, 5.41) is 11.9. The second kappa shape index (κ2) is 9.65. The molecule has 0 radical (unpaired) electrons. The molecule has 1 aliphatic heterocycles. The lowest BCUT2D eigenvalue weighted by atomic mass is 9.94. The van der Waals surface area contributed by atoms with Gasteiger partial charge in [-0.05, 0) is 74.0 Å².